The van der Waals surface area contributed by atoms with Gasteiger partial charge in [0.1, 0.15) is 5.76 Å². The highest BCUT2D eigenvalue weighted by atomic mass is 16.3. The van der Waals surface area contributed by atoms with E-state index in [9.17, 15) is 0 Å². The molecule has 0 N–H and O–H groups in total. The van der Waals surface area contributed by atoms with Gasteiger partial charge in [-0.25, -0.2) is 4.98 Å². The van der Waals surface area contributed by atoms with E-state index in [0.29, 0.717) is 5.92 Å². The summed E-state index contributed by atoms with van der Waals surface area (Å²) in [4.78, 5) is 3.80. The number of nitrogens with zero attached hydrogens (tertiary/aromatic N) is 1. The molecule has 1 aromatic rings. The van der Waals surface area contributed by atoms with Crippen LogP contribution in [0.5, 0.6) is 0 Å². The molecule has 0 bridgehead atoms. The first kappa shape index (κ1) is 8.05. The lowest BCUT2D eigenvalue weighted by atomic mass is 10.1. The van der Waals surface area contributed by atoms with Gasteiger partial charge in [-0.3, -0.25) is 0 Å². The minimum Gasteiger partial charge on any atom is -0.444 e. The van der Waals surface area contributed by atoms with Crippen molar-refractivity contribution in [1.82, 2.24) is 4.98 Å². The fourth-order valence-corrected chi connectivity index (χ4v) is 0.764. The van der Waals surface area contributed by atoms with Crippen LogP contribution < -0.4 is 0 Å². The van der Waals surface area contributed by atoms with Crippen molar-refractivity contribution in [2.45, 2.75) is 20.3 Å². The Labute approximate surface area is 66.9 Å². The van der Waals surface area contributed by atoms with E-state index in [0.717, 1.165) is 12.2 Å². The van der Waals surface area contributed by atoms with Gasteiger partial charge in [-0.1, -0.05) is 19.9 Å². The fourth-order valence-electron chi connectivity index (χ4n) is 0.764. The third kappa shape index (κ3) is 3.03. The molecule has 0 amide bonds. The van der Waals surface area contributed by atoms with Gasteiger partial charge in [0.2, 0.25) is 0 Å². The van der Waals surface area contributed by atoms with Crippen LogP contribution in [0.1, 0.15) is 26.0 Å². The molecular formula is C9H13NO. The molecule has 0 saturated carbocycles. The fraction of sp³-hybridized carbons (Fsp3) is 0.444. The van der Waals surface area contributed by atoms with Crippen LogP contribution in [-0.2, 0) is 0 Å². The Morgan fingerprint density at radius 3 is 3.00 bits per heavy atom. The smallest absolute Gasteiger partial charge is 0.181 e. The highest BCUT2D eigenvalue weighted by molar-refractivity contribution is 5.40. The van der Waals surface area contributed by atoms with E-state index in [1.807, 2.05) is 6.08 Å². The van der Waals surface area contributed by atoms with E-state index in [1.165, 1.54) is 6.39 Å². The van der Waals surface area contributed by atoms with Crippen molar-refractivity contribution < 1.29 is 4.42 Å². The van der Waals surface area contributed by atoms with Crippen molar-refractivity contribution in [1.29, 1.82) is 0 Å². The second-order valence-electron chi connectivity index (χ2n) is 2.94. The Hall–Kier alpha value is -1.05. The van der Waals surface area contributed by atoms with Crippen LogP contribution in [0.4, 0.5) is 0 Å². The molecule has 0 atom stereocenters. The Kier molecular flexibility index (Phi) is 2.90. The van der Waals surface area contributed by atoms with Gasteiger partial charge in [-0.15, -0.1) is 0 Å². The van der Waals surface area contributed by atoms with Gasteiger partial charge in [0.25, 0.3) is 0 Å². The van der Waals surface area contributed by atoms with E-state index in [-0.39, 0.29) is 0 Å². The highest BCUT2D eigenvalue weighted by Gasteiger charge is 1.89. The van der Waals surface area contributed by atoms with Crippen LogP contribution in [0.3, 0.4) is 0 Å². The normalized spacial score (nSPS) is 11.5. The van der Waals surface area contributed by atoms with E-state index in [4.69, 9.17) is 4.42 Å². The van der Waals surface area contributed by atoms with E-state index < -0.39 is 0 Å². The second kappa shape index (κ2) is 3.96. The standard InChI is InChI=1S/C9H13NO/c1-8(2)4-3-5-9-6-10-7-11-9/h3,5-8H,4H2,1-2H3/b5-3+. The minimum atomic E-state index is 0.703. The quantitative estimate of drug-likeness (QED) is 0.663. The summed E-state index contributed by atoms with van der Waals surface area (Å²) in [5.74, 6) is 1.53. The molecular weight excluding hydrogens is 138 g/mol. The van der Waals surface area contributed by atoms with Crippen molar-refractivity contribution in [2.24, 2.45) is 5.92 Å². The van der Waals surface area contributed by atoms with Crippen molar-refractivity contribution in [3.8, 4) is 0 Å². The number of hydrogen-bond acceptors (Lipinski definition) is 2. The molecule has 0 unspecified atom stereocenters. The van der Waals surface area contributed by atoms with Gasteiger partial charge >= 0.3 is 0 Å². The molecule has 0 spiro atoms. The van der Waals surface area contributed by atoms with Crippen LogP contribution in [0.15, 0.2) is 23.1 Å². The maximum absolute atomic E-state index is 5.02. The van der Waals surface area contributed by atoms with Crippen LogP contribution >= 0.6 is 0 Å². The summed E-state index contributed by atoms with van der Waals surface area (Å²) >= 11 is 0. The van der Waals surface area contributed by atoms with Crippen molar-refractivity contribution >= 4 is 6.08 Å². The zero-order chi connectivity index (χ0) is 8.10. The van der Waals surface area contributed by atoms with Gasteiger partial charge < -0.3 is 4.42 Å². The zero-order valence-electron chi connectivity index (χ0n) is 6.95. The summed E-state index contributed by atoms with van der Waals surface area (Å²) in [5.41, 5.74) is 0. The zero-order valence-corrected chi connectivity index (χ0v) is 6.95. The van der Waals surface area contributed by atoms with Gasteiger partial charge in [0.05, 0.1) is 6.20 Å². The Morgan fingerprint density at radius 1 is 1.64 bits per heavy atom. The van der Waals surface area contributed by atoms with E-state index >= 15 is 0 Å². The molecule has 0 aliphatic carbocycles. The summed E-state index contributed by atoms with van der Waals surface area (Å²) in [6, 6.07) is 0. The van der Waals surface area contributed by atoms with Gasteiger partial charge in [-0.05, 0) is 18.4 Å². The lowest BCUT2D eigenvalue weighted by molar-refractivity contribution is 0.547. The topological polar surface area (TPSA) is 26.0 Å². The first-order valence-electron chi connectivity index (χ1n) is 3.84. The third-order valence-electron chi connectivity index (χ3n) is 1.34. The number of allylic oxidation sites excluding steroid dienone is 1. The average Bonchev–Trinajstić information content (AvgIpc) is 2.39. The van der Waals surface area contributed by atoms with E-state index in [2.05, 4.69) is 24.9 Å². The number of aromatic nitrogens is 1. The predicted octanol–water partition coefficient (Wildman–Crippen LogP) is 2.73. The molecule has 1 rings (SSSR count). The highest BCUT2D eigenvalue weighted by Crippen LogP contribution is 2.04. The molecule has 1 aromatic heterocycles. The third-order valence-corrected chi connectivity index (χ3v) is 1.34. The Morgan fingerprint density at radius 2 is 2.45 bits per heavy atom. The minimum absolute atomic E-state index is 0.703. The monoisotopic (exact) mass is 151 g/mol. The maximum Gasteiger partial charge on any atom is 0.181 e. The Balaban J connectivity index is 2.37. The van der Waals surface area contributed by atoms with Crippen molar-refractivity contribution in [2.75, 3.05) is 0 Å². The summed E-state index contributed by atoms with van der Waals surface area (Å²) < 4.78 is 5.02. The van der Waals surface area contributed by atoms with Crippen LogP contribution in [0, 0.1) is 5.92 Å². The molecule has 2 heteroatoms. The van der Waals surface area contributed by atoms with Crippen molar-refractivity contribution in [3.05, 3.63) is 24.4 Å². The summed E-state index contributed by atoms with van der Waals surface area (Å²) in [6.07, 6.45) is 8.28. The summed E-state index contributed by atoms with van der Waals surface area (Å²) in [7, 11) is 0. The second-order valence-corrected chi connectivity index (χ2v) is 2.94. The maximum atomic E-state index is 5.02. The number of oxazole rings is 1. The lowest BCUT2D eigenvalue weighted by Gasteiger charge is -1.94. The average molecular weight is 151 g/mol. The molecule has 0 aromatic carbocycles. The van der Waals surface area contributed by atoms with Gasteiger partial charge in [0, 0.05) is 0 Å². The van der Waals surface area contributed by atoms with Crippen LogP contribution in [0.2, 0.25) is 0 Å². The first-order chi connectivity index (χ1) is 5.29. The molecule has 0 fully saturated rings. The molecule has 60 valence electrons. The molecule has 0 aliphatic heterocycles. The summed E-state index contributed by atoms with van der Waals surface area (Å²) in [5, 5.41) is 0. The molecule has 0 saturated heterocycles. The molecule has 0 aliphatic rings. The van der Waals surface area contributed by atoms with Crippen LogP contribution in [-0.4, -0.2) is 4.98 Å². The van der Waals surface area contributed by atoms with Crippen molar-refractivity contribution in [3.63, 3.8) is 0 Å². The Bertz CT molecular complexity index is 211. The first-order valence-corrected chi connectivity index (χ1v) is 3.84. The largest absolute Gasteiger partial charge is 0.444 e. The molecule has 1 heterocycles. The number of rotatable bonds is 3. The molecule has 2 nitrogen and oxygen atoms in total. The summed E-state index contributed by atoms with van der Waals surface area (Å²) in [6.45, 7) is 4.37. The predicted molar refractivity (Wildman–Crippen MR) is 45.0 cm³/mol. The number of hydrogen-bond donors (Lipinski definition) is 0. The lowest BCUT2D eigenvalue weighted by Crippen LogP contribution is -1.80. The molecule has 0 radical (unpaired) electrons. The van der Waals surface area contributed by atoms with Crippen LogP contribution in [0.25, 0.3) is 6.08 Å². The van der Waals surface area contributed by atoms with Gasteiger partial charge in [-0.2, -0.15) is 0 Å². The van der Waals surface area contributed by atoms with E-state index in [1.54, 1.807) is 6.20 Å². The molecule has 11 heavy (non-hydrogen) atoms. The van der Waals surface area contributed by atoms with Gasteiger partial charge in [0.15, 0.2) is 6.39 Å². The SMILES string of the molecule is CC(C)C/C=C/c1cnco1.